The second-order valence-electron chi connectivity index (χ2n) is 5.17. The maximum Gasteiger partial charge on any atom is 0.242 e. The number of rotatable bonds is 7. The number of nitrogens with zero attached hydrogens (tertiary/aromatic N) is 2. The monoisotopic (exact) mass is 320 g/mol. The van der Waals surface area contributed by atoms with Crippen molar-refractivity contribution in [3.05, 3.63) is 0 Å². The Morgan fingerprint density at radius 2 is 2.00 bits per heavy atom. The van der Waals surface area contributed by atoms with Gasteiger partial charge >= 0.3 is 0 Å². The Bertz CT molecular complexity index is 477. The molecule has 1 heterocycles. The Hall–Kier alpha value is -1.15. The van der Waals surface area contributed by atoms with E-state index in [1.807, 2.05) is 6.92 Å². The molecule has 0 aromatic carbocycles. The van der Waals surface area contributed by atoms with Crippen LogP contribution in [0.2, 0.25) is 0 Å². The zero-order valence-electron chi connectivity index (χ0n) is 12.9. The normalized spacial score (nSPS) is 20.2. The summed E-state index contributed by atoms with van der Waals surface area (Å²) >= 11 is 0. The summed E-state index contributed by atoms with van der Waals surface area (Å²) < 4.78 is 28.0. The Labute approximate surface area is 126 Å². The average molecular weight is 320 g/mol. The average Bonchev–Trinajstić information content (AvgIpc) is 2.75. The van der Waals surface area contributed by atoms with Crippen LogP contribution < -0.4 is 0 Å². The Kier molecular flexibility index (Phi) is 6.60. The number of sulfone groups is 1. The van der Waals surface area contributed by atoms with Crippen LogP contribution in [0, 0.1) is 0 Å². The van der Waals surface area contributed by atoms with Crippen molar-refractivity contribution in [2.75, 3.05) is 44.9 Å². The Balaban J connectivity index is 2.67. The SMILES string of the molecule is CCN(C(=O)CN(CCOC)C(C)=O)C1CCS(=O)(=O)C1. The predicted octanol–water partition coefficient (Wildman–Crippen LogP) is -0.483. The minimum atomic E-state index is -3.04. The van der Waals surface area contributed by atoms with E-state index >= 15 is 0 Å². The number of amides is 2. The molecule has 0 spiro atoms. The molecule has 0 radical (unpaired) electrons. The van der Waals surface area contributed by atoms with E-state index in [2.05, 4.69) is 0 Å². The molecule has 7 nitrogen and oxygen atoms in total. The Morgan fingerprint density at radius 1 is 1.33 bits per heavy atom. The summed E-state index contributed by atoms with van der Waals surface area (Å²) in [6.07, 6.45) is 0.472. The van der Waals surface area contributed by atoms with E-state index < -0.39 is 9.84 Å². The highest BCUT2D eigenvalue weighted by molar-refractivity contribution is 7.91. The standard InChI is InChI=1S/C13H24N2O5S/c1-4-15(12-5-8-21(18,19)10-12)13(17)9-14(11(2)16)6-7-20-3/h12H,4-10H2,1-3H3. The van der Waals surface area contributed by atoms with Gasteiger partial charge in [0.1, 0.15) is 0 Å². The first-order valence-corrected chi connectivity index (χ1v) is 8.87. The van der Waals surface area contributed by atoms with Crippen molar-refractivity contribution in [3.63, 3.8) is 0 Å². The summed E-state index contributed by atoms with van der Waals surface area (Å²) in [5.41, 5.74) is 0. The zero-order valence-corrected chi connectivity index (χ0v) is 13.7. The van der Waals surface area contributed by atoms with E-state index in [1.165, 1.54) is 18.9 Å². The van der Waals surface area contributed by atoms with Gasteiger partial charge in [-0.1, -0.05) is 0 Å². The van der Waals surface area contributed by atoms with Crippen LogP contribution in [0.5, 0.6) is 0 Å². The quantitative estimate of drug-likeness (QED) is 0.632. The molecule has 0 N–H and O–H groups in total. The van der Waals surface area contributed by atoms with Crippen LogP contribution in [0.15, 0.2) is 0 Å². The van der Waals surface area contributed by atoms with Crippen molar-refractivity contribution in [1.82, 2.24) is 9.80 Å². The summed E-state index contributed by atoms with van der Waals surface area (Å²) in [4.78, 5) is 26.8. The minimum Gasteiger partial charge on any atom is -0.383 e. The van der Waals surface area contributed by atoms with Crippen molar-refractivity contribution in [2.45, 2.75) is 26.3 Å². The molecular weight excluding hydrogens is 296 g/mol. The molecule has 8 heteroatoms. The molecule has 0 aromatic rings. The number of likely N-dealkylation sites (N-methyl/N-ethyl adjacent to an activating group) is 1. The van der Waals surface area contributed by atoms with Crippen LogP contribution >= 0.6 is 0 Å². The predicted molar refractivity (Wildman–Crippen MR) is 78.6 cm³/mol. The summed E-state index contributed by atoms with van der Waals surface area (Å²) in [6, 6.07) is -0.274. The highest BCUT2D eigenvalue weighted by Crippen LogP contribution is 2.18. The lowest BCUT2D eigenvalue weighted by Gasteiger charge is -2.30. The van der Waals surface area contributed by atoms with E-state index in [-0.39, 0.29) is 35.9 Å². The van der Waals surface area contributed by atoms with Gasteiger partial charge < -0.3 is 14.5 Å². The van der Waals surface area contributed by atoms with Gasteiger partial charge in [0.25, 0.3) is 0 Å². The maximum absolute atomic E-state index is 12.3. The van der Waals surface area contributed by atoms with Crippen molar-refractivity contribution in [1.29, 1.82) is 0 Å². The van der Waals surface area contributed by atoms with Crippen molar-refractivity contribution in [3.8, 4) is 0 Å². The minimum absolute atomic E-state index is 0.0186. The summed E-state index contributed by atoms with van der Waals surface area (Å²) in [6.45, 7) is 4.32. The smallest absolute Gasteiger partial charge is 0.242 e. The molecule has 2 amide bonds. The van der Waals surface area contributed by atoms with Gasteiger partial charge in [0.05, 0.1) is 24.7 Å². The van der Waals surface area contributed by atoms with Crippen LogP contribution in [0.25, 0.3) is 0 Å². The summed E-state index contributed by atoms with van der Waals surface area (Å²) in [5, 5.41) is 0. The fourth-order valence-electron chi connectivity index (χ4n) is 2.46. The molecule has 21 heavy (non-hydrogen) atoms. The lowest BCUT2D eigenvalue weighted by Crippen LogP contribution is -2.47. The largest absolute Gasteiger partial charge is 0.383 e. The zero-order chi connectivity index (χ0) is 16.0. The number of carbonyl (C=O) groups excluding carboxylic acids is 2. The van der Waals surface area contributed by atoms with E-state index in [4.69, 9.17) is 4.74 Å². The first-order chi connectivity index (χ1) is 9.80. The highest BCUT2D eigenvalue weighted by Gasteiger charge is 2.34. The van der Waals surface area contributed by atoms with Gasteiger partial charge in [-0.25, -0.2) is 8.42 Å². The molecule has 1 atom stereocenters. The lowest BCUT2D eigenvalue weighted by atomic mass is 10.2. The second kappa shape index (κ2) is 7.74. The molecule has 1 saturated heterocycles. The van der Waals surface area contributed by atoms with Gasteiger partial charge in [-0.05, 0) is 13.3 Å². The molecule has 0 saturated carbocycles. The number of carbonyl (C=O) groups is 2. The van der Waals surface area contributed by atoms with E-state index in [0.717, 1.165) is 0 Å². The molecule has 1 aliphatic rings. The maximum atomic E-state index is 12.3. The molecule has 122 valence electrons. The number of hydrogen-bond acceptors (Lipinski definition) is 5. The van der Waals surface area contributed by atoms with E-state index in [9.17, 15) is 18.0 Å². The van der Waals surface area contributed by atoms with Crippen LogP contribution in [0.4, 0.5) is 0 Å². The number of hydrogen-bond donors (Lipinski definition) is 0. The number of ether oxygens (including phenoxy) is 1. The first kappa shape index (κ1) is 17.9. The van der Waals surface area contributed by atoms with Crippen LogP contribution in [-0.2, 0) is 24.2 Å². The fourth-order valence-corrected chi connectivity index (χ4v) is 4.19. The molecule has 1 unspecified atom stereocenters. The lowest BCUT2D eigenvalue weighted by molar-refractivity contribution is -0.140. The molecule has 1 aliphatic heterocycles. The molecule has 1 rings (SSSR count). The van der Waals surface area contributed by atoms with Crippen LogP contribution in [0.1, 0.15) is 20.3 Å². The molecule has 1 fully saturated rings. The highest BCUT2D eigenvalue weighted by atomic mass is 32.2. The van der Waals surface area contributed by atoms with Crippen molar-refractivity contribution >= 4 is 21.7 Å². The van der Waals surface area contributed by atoms with Gasteiger partial charge in [0.2, 0.25) is 11.8 Å². The van der Waals surface area contributed by atoms with Crippen molar-refractivity contribution < 1.29 is 22.7 Å². The molecule has 0 aliphatic carbocycles. The summed E-state index contributed by atoms with van der Waals surface area (Å²) in [7, 11) is -1.51. The van der Waals surface area contributed by atoms with E-state index in [0.29, 0.717) is 26.1 Å². The van der Waals surface area contributed by atoms with Crippen molar-refractivity contribution in [2.24, 2.45) is 0 Å². The molecule has 0 bridgehead atoms. The van der Waals surface area contributed by atoms with Gasteiger partial charge in [-0.2, -0.15) is 0 Å². The van der Waals surface area contributed by atoms with Gasteiger partial charge in [-0.15, -0.1) is 0 Å². The first-order valence-electron chi connectivity index (χ1n) is 7.05. The molecular formula is C13H24N2O5S. The van der Waals surface area contributed by atoms with Gasteiger partial charge in [-0.3, -0.25) is 9.59 Å². The van der Waals surface area contributed by atoms with Crippen LogP contribution in [0.3, 0.4) is 0 Å². The van der Waals surface area contributed by atoms with Gasteiger partial charge in [0, 0.05) is 33.2 Å². The topological polar surface area (TPSA) is 84.0 Å². The third-order valence-electron chi connectivity index (χ3n) is 3.65. The van der Waals surface area contributed by atoms with Gasteiger partial charge in [0.15, 0.2) is 9.84 Å². The second-order valence-corrected chi connectivity index (χ2v) is 7.40. The third kappa shape index (κ3) is 5.28. The third-order valence-corrected chi connectivity index (χ3v) is 5.40. The fraction of sp³-hybridized carbons (Fsp3) is 0.846. The summed E-state index contributed by atoms with van der Waals surface area (Å²) in [5.74, 6) is -0.270. The molecule has 0 aromatic heterocycles. The Morgan fingerprint density at radius 3 is 2.43 bits per heavy atom. The number of methoxy groups -OCH3 is 1. The van der Waals surface area contributed by atoms with Crippen LogP contribution in [-0.4, -0.2) is 80.9 Å². The van der Waals surface area contributed by atoms with E-state index in [1.54, 1.807) is 4.90 Å².